The molecule has 1 rings (SSSR count). The molecule has 0 aliphatic rings. The Morgan fingerprint density at radius 2 is 1.79 bits per heavy atom. The molecule has 2 N–H and O–H groups in total. The zero-order chi connectivity index (χ0) is 14.1. The summed E-state index contributed by atoms with van der Waals surface area (Å²) in [5, 5.41) is 6.22. The van der Waals surface area contributed by atoms with E-state index < -0.39 is 0 Å². The second-order valence-electron chi connectivity index (χ2n) is 5.03. The van der Waals surface area contributed by atoms with Crippen molar-refractivity contribution in [1.29, 1.82) is 0 Å². The summed E-state index contributed by atoms with van der Waals surface area (Å²) >= 11 is 0. The third kappa shape index (κ3) is 6.94. The van der Waals surface area contributed by atoms with E-state index in [2.05, 4.69) is 29.6 Å². The van der Waals surface area contributed by atoms with Crippen LogP contribution in [-0.2, 0) is 0 Å². The molecule has 1 aromatic carbocycles. The fourth-order valence-corrected chi connectivity index (χ4v) is 1.72. The number of nitrogens with one attached hydrogen (secondary N) is 2. The molecule has 0 bridgehead atoms. The topological polar surface area (TPSA) is 44.4 Å². The van der Waals surface area contributed by atoms with E-state index in [-0.39, 0.29) is 5.91 Å². The molecule has 0 aromatic heterocycles. The van der Waals surface area contributed by atoms with Gasteiger partial charge in [-0.3, -0.25) is 4.79 Å². The fraction of sp³-hybridized carbons (Fsp3) is 0.533. The Labute approximate surface area is 116 Å². The van der Waals surface area contributed by atoms with Crippen LogP contribution in [0.1, 0.15) is 22.3 Å². The number of aryl methyl sites for hydroxylation is 1. The van der Waals surface area contributed by atoms with Crippen LogP contribution >= 0.6 is 0 Å². The third-order valence-corrected chi connectivity index (χ3v) is 2.86. The highest BCUT2D eigenvalue weighted by molar-refractivity contribution is 5.94. The van der Waals surface area contributed by atoms with E-state index in [4.69, 9.17) is 0 Å². The standard InChI is InChI=1S/C15H25N3O/c1-13-5-7-14(8-6-13)15(19)17-11-10-16-9-4-12-18(2)3/h5-8,16H,4,9-12H2,1-3H3,(H,17,19). The van der Waals surface area contributed by atoms with Gasteiger partial charge in [0, 0.05) is 18.7 Å². The van der Waals surface area contributed by atoms with E-state index in [0.717, 1.165) is 31.6 Å². The van der Waals surface area contributed by atoms with Gasteiger partial charge in [-0.1, -0.05) is 17.7 Å². The molecular formula is C15H25N3O. The molecule has 0 aliphatic carbocycles. The molecule has 0 saturated heterocycles. The van der Waals surface area contributed by atoms with Crippen LogP contribution in [-0.4, -0.2) is 51.1 Å². The van der Waals surface area contributed by atoms with Gasteiger partial charge in [0.05, 0.1) is 0 Å². The van der Waals surface area contributed by atoms with Gasteiger partial charge in [-0.05, 0) is 52.7 Å². The molecule has 0 saturated carbocycles. The predicted octanol–water partition coefficient (Wildman–Crippen LogP) is 1.27. The minimum absolute atomic E-state index is 0.00454. The van der Waals surface area contributed by atoms with Crippen molar-refractivity contribution in [2.45, 2.75) is 13.3 Å². The highest BCUT2D eigenvalue weighted by Crippen LogP contribution is 2.02. The zero-order valence-corrected chi connectivity index (χ0v) is 12.2. The van der Waals surface area contributed by atoms with Crippen molar-refractivity contribution in [2.24, 2.45) is 0 Å². The number of nitrogens with zero attached hydrogens (tertiary/aromatic N) is 1. The van der Waals surface area contributed by atoms with E-state index in [1.54, 1.807) is 0 Å². The summed E-state index contributed by atoms with van der Waals surface area (Å²) in [6.45, 7) is 5.56. The monoisotopic (exact) mass is 263 g/mol. The molecule has 106 valence electrons. The van der Waals surface area contributed by atoms with Gasteiger partial charge in [0.15, 0.2) is 0 Å². The Morgan fingerprint density at radius 3 is 2.42 bits per heavy atom. The highest BCUT2D eigenvalue weighted by Gasteiger charge is 2.03. The molecular weight excluding hydrogens is 238 g/mol. The number of amides is 1. The SMILES string of the molecule is Cc1ccc(C(=O)NCCNCCCN(C)C)cc1. The average Bonchev–Trinajstić information content (AvgIpc) is 2.38. The molecule has 1 aromatic rings. The predicted molar refractivity (Wildman–Crippen MR) is 79.6 cm³/mol. The lowest BCUT2D eigenvalue weighted by atomic mass is 10.1. The molecule has 0 fully saturated rings. The van der Waals surface area contributed by atoms with Crippen molar-refractivity contribution >= 4 is 5.91 Å². The van der Waals surface area contributed by atoms with Crippen LogP contribution in [0.15, 0.2) is 24.3 Å². The Kier molecular flexibility index (Phi) is 7.15. The first-order chi connectivity index (χ1) is 9.09. The summed E-state index contributed by atoms with van der Waals surface area (Å²) < 4.78 is 0. The molecule has 19 heavy (non-hydrogen) atoms. The number of carbonyl (C=O) groups excluding carboxylic acids is 1. The van der Waals surface area contributed by atoms with Crippen LogP contribution in [0.2, 0.25) is 0 Å². The Bertz CT molecular complexity index is 373. The van der Waals surface area contributed by atoms with Gasteiger partial charge in [0.1, 0.15) is 0 Å². The first-order valence-corrected chi connectivity index (χ1v) is 6.80. The van der Waals surface area contributed by atoms with E-state index in [0.29, 0.717) is 6.54 Å². The van der Waals surface area contributed by atoms with Crippen LogP contribution in [0, 0.1) is 6.92 Å². The highest BCUT2D eigenvalue weighted by atomic mass is 16.1. The smallest absolute Gasteiger partial charge is 0.251 e. The van der Waals surface area contributed by atoms with Crippen LogP contribution in [0.25, 0.3) is 0 Å². The van der Waals surface area contributed by atoms with Crippen LogP contribution < -0.4 is 10.6 Å². The van der Waals surface area contributed by atoms with Gasteiger partial charge in [0.25, 0.3) is 5.91 Å². The lowest BCUT2D eigenvalue weighted by Gasteiger charge is -2.10. The number of benzene rings is 1. The van der Waals surface area contributed by atoms with Gasteiger partial charge in [-0.2, -0.15) is 0 Å². The summed E-state index contributed by atoms with van der Waals surface area (Å²) in [7, 11) is 4.14. The van der Waals surface area contributed by atoms with Crippen molar-refractivity contribution in [3.63, 3.8) is 0 Å². The molecule has 0 atom stereocenters. The summed E-state index contributed by atoms with van der Waals surface area (Å²) in [5.41, 5.74) is 1.89. The summed E-state index contributed by atoms with van der Waals surface area (Å²) in [6, 6.07) is 7.62. The number of rotatable bonds is 8. The Morgan fingerprint density at radius 1 is 1.11 bits per heavy atom. The first kappa shape index (κ1) is 15.7. The lowest BCUT2D eigenvalue weighted by molar-refractivity contribution is 0.0954. The van der Waals surface area contributed by atoms with Crippen molar-refractivity contribution in [3.8, 4) is 0 Å². The van der Waals surface area contributed by atoms with Gasteiger partial charge in [-0.25, -0.2) is 0 Å². The molecule has 0 aliphatic heterocycles. The van der Waals surface area contributed by atoms with E-state index in [9.17, 15) is 4.79 Å². The van der Waals surface area contributed by atoms with Crippen molar-refractivity contribution in [1.82, 2.24) is 15.5 Å². The summed E-state index contributed by atoms with van der Waals surface area (Å²) in [4.78, 5) is 14.0. The normalized spacial score (nSPS) is 10.7. The largest absolute Gasteiger partial charge is 0.351 e. The van der Waals surface area contributed by atoms with Gasteiger partial charge < -0.3 is 15.5 Å². The first-order valence-electron chi connectivity index (χ1n) is 6.80. The maximum atomic E-state index is 11.8. The molecule has 4 heteroatoms. The van der Waals surface area contributed by atoms with Crippen molar-refractivity contribution in [3.05, 3.63) is 35.4 Å². The van der Waals surface area contributed by atoms with Gasteiger partial charge in [0.2, 0.25) is 0 Å². The zero-order valence-electron chi connectivity index (χ0n) is 12.2. The molecule has 0 unspecified atom stereocenters. The van der Waals surface area contributed by atoms with E-state index in [1.165, 1.54) is 5.56 Å². The van der Waals surface area contributed by atoms with Crippen LogP contribution in [0.5, 0.6) is 0 Å². The minimum Gasteiger partial charge on any atom is -0.351 e. The van der Waals surface area contributed by atoms with Crippen LogP contribution in [0.4, 0.5) is 0 Å². The number of hydrogen-bond donors (Lipinski definition) is 2. The maximum absolute atomic E-state index is 11.8. The Hall–Kier alpha value is -1.39. The van der Waals surface area contributed by atoms with E-state index >= 15 is 0 Å². The molecule has 0 radical (unpaired) electrons. The number of hydrogen-bond acceptors (Lipinski definition) is 3. The molecule has 4 nitrogen and oxygen atoms in total. The summed E-state index contributed by atoms with van der Waals surface area (Å²) in [5.74, 6) is -0.00454. The third-order valence-electron chi connectivity index (χ3n) is 2.86. The fourth-order valence-electron chi connectivity index (χ4n) is 1.72. The molecule has 0 spiro atoms. The summed E-state index contributed by atoms with van der Waals surface area (Å²) in [6.07, 6.45) is 1.12. The molecule has 0 heterocycles. The van der Waals surface area contributed by atoms with E-state index in [1.807, 2.05) is 31.2 Å². The second-order valence-corrected chi connectivity index (χ2v) is 5.03. The second kappa shape index (κ2) is 8.67. The average molecular weight is 263 g/mol. The number of carbonyl (C=O) groups is 1. The van der Waals surface area contributed by atoms with Crippen LogP contribution in [0.3, 0.4) is 0 Å². The quantitative estimate of drug-likeness (QED) is 0.694. The Balaban J connectivity index is 2.09. The molecule has 1 amide bonds. The minimum atomic E-state index is -0.00454. The van der Waals surface area contributed by atoms with Crippen molar-refractivity contribution < 1.29 is 4.79 Å². The van der Waals surface area contributed by atoms with Gasteiger partial charge >= 0.3 is 0 Å². The van der Waals surface area contributed by atoms with Gasteiger partial charge in [-0.15, -0.1) is 0 Å². The maximum Gasteiger partial charge on any atom is 0.251 e. The lowest BCUT2D eigenvalue weighted by Crippen LogP contribution is -2.32. The van der Waals surface area contributed by atoms with Crippen molar-refractivity contribution in [2.75, 3.05) is 40.3 Å².